The van der Waals surface area contributed by atoms with Crippen LogP contribution in [0.3, 0.4) is 0 Å². The lowest BCUT2D eigenvalue weighted by atomic mass is 10.3. The lowest BCUT2D eigenvalue weighted by Gasteiger charge is -2.06. The SMILES string of the molecule is CC(=O)OCCCn1c(C)nc2cc(Cl)ccc21. The van der Waals surface area contributed by atoms with Crippen LogP contribution in [0.2, 0.25) is 5.02 Å². The molecule has 0 aliphatic heterocycles. The van der Waals surface area contributed by atoms with Crippen molar-refractivity contribution in [1.82, 2.24) is 9.55 Å². The molecule has 0 saturated heterocycles. The van der Waals surface area contributed by atoms with Gasteiger partial charge in [-0.3, -0.25) is 4.79 Å². The van der Waals surface area contributed by atoms with Gasteiger partial charge in [-0.2, -0.15) is 0 Å². The minimum atomic E-state index is -0.242. The molecule has 0 bridgehead atoms. The standard InChI is InChI=1S/C13H15ClN2O2/c1-9-15-12-8-11(14)4-5-13(12)16(9)6-3-7-18-10(2)17/h4-5,8H,3,6-7H2,1-2H3. The second kappa shape index (κ2) is 5.40. The maximum absolute atomic E-state index is 10.7. The van der Waals surface area contributed by atoms with Crippen LogP contribution in [0.15, 0.2) is 18.2 Å². The normalized spacial score (nSPS) is 10.8. The number of carbonyl (C=O) groups excluding carboxylic acids is 1. The average molecular weight is 267 g/mol. The topological polar surface area (TPSA) is 44.1 Å². The summed E-state index contributed by atoms with van der Waals surface area (Å²) in [5.74, 6) is 0.698. The molecule has 4 nitrogen and oxygen atoms in total. The van der Waals surface area contributed by atoms with E-state index in [4.69, 9.17) is 16.3 Å². The summed E-state index contributed by atoms with van der Waals surface area (Å²) in [6.45, 7) is 4.58. The maximum Gasteiger partial charge on any atom is 0.302 e. The van der Waals surface area contributed by atoms with Crippen LogP contribution in [0.25, 0.3) is 11.0 Å². The molecule has 1 aromatic carbocycles. The molecule has 0 radical (unpaired) electrons. The van der Waals surface area contributed by atoms with Gasteiger partial charge in [0.05, 0.1) is 17.6 Å². The lowest BCUT2D eigenvalue weighted by Crippen LogP contribution is -2.06. The molecule has 0 spiro atoms. The minimum Gasteiger partial charge on any atom is -0.466 e. The van der Waals surface area contributed by atoms with Crippen molar-refractivity contribution in [3.63, 3.8) is 0 Å². The molecule has 0 aliphatic rings. The summed E-state index contributed by atoms with van der Waals surface area (Å²) in [6, 6.07) is 5.67. The lowest BCUT2D eigenvalue weighted by molar-refractivity contribution is -0.141. The van der Waals surface area contributed by atoms with E-state index in [1.807, 2.05) is 25.1 Å². The number of carbonyl (C=O) groups is 1. The van der Waals surface area contributed by atoms with E-state index in [1.54, 1.807) is 0 Å². The first-order valence-corrected chi connectivity index (χ1v) is 6.21. The van der Waals surface area contributed by atoms with Crippen molar-refractivity contribution in [2.24, 2.45) is 0 Å². The predicted octanol–water partition coefficient (Wildman–Crippen LogP) is 2.95. The molecule has 0 saturated carbocycles. The molecule has 0 aliphatic carbocycles. The zero-order valence-electron chi connectivity index (χ0n) is 10.4. The van der Waals surface area contributed by atoms with Gasteiger partial charge < -0.3 is 9.30 Å². The van der Waals surface area contributed by atoms with Gasteiger partial charge in [-0.05, 0) is 31.5 Å². The molecule has 0 fully saturated rings. The molecule has 18 heavy (non-hydrogen) atoms. The third-order valence-corrected chi connectivity index (χ3v) is 2.97. The second-order valence-corrected chi connectivity index (χ2v) is 4.57. The van der Waals surface area contributed by atoms with Crippen molar-refractivity contribution in [3.8, 4) is 0 Å². The smallest absolute Gasteiger partial charge is 0.302 e. The third-order valence-electron chi connectivity index (χ3n) is 2.73. The van der Waals surface area contributed by atoms with E-state index >= 15 is 0 Å². The van der Waals surface area contributed by atoms with Crippen LogP contribution in [0.1, 0.15) is 19.2 Å². The quantitative estimate of drug-likeness (QED) is 0.631. The van der Waals surface area contributed by atoms with Gasteiger partial charge in [0.25, 0.3) is 0 Å². The number of esters is 1. The number of aromatic nitrogens is 2. The molecule has 2 aromatic rings. The number of halogens is 1. The van der Waals surface area contributed by atoms with Crippen molar-refractivity contribution in [3.05, 3.63) is 29.0 Å². The average Bonchev–Trinajstić information content (AvgIpc) is 2.59. The van der Waals surface area contributed by atoms with E-state index in [-0.39, 0.29) is 5.97 Å². The molecule has 0 unspecified atom stereocenters. The van der Waals surface area contributed by atoms with Crippen LogP contribution in [0, 0.1) is 6.92 Å². The minimum absolute atomic E-state index is 0.242. The molecule has 0 atom stereocenters. The maximum atomic E-state index is 10.7. The Hall–Kier alpha value is -1.55. The Morgan fingerprint density at radius 3 is 3.00 bits per heavy atom. The Labute approximate surface area is 111 Å². The van der Waals surface area contributed by atoms with Gasteiger partial charge in [0, 0.05) is 18.5 Å². The van der Waals surface area contributed by atoms with Gasteiger partial charge in [0.15, 0.2) is 0 Å². The summed E-state index contributed by atoms with van der Waals surface area (Å²) in [7, 11) is 0. The highest BCUT2D eigenvalue weighted by atomic mass is 35.5. The fraction of sp³-hybridized carbons (Fsp3) is 0.385. The fourth-order valence-electron chi connectivity index (χ4n) is 1.94. The van der Waals surface area contributed by atoms with Crippen molar-refractivity contribution < 1.29 is 9.53 Å². The molecule has 1 aromatic heterocycles. The highest BCUT2D eigenvalue weighted by Crippen LogP contribution is 2.20. The summed E-state index contributed by atoms with van der Waals surface area (Å²) in [5.41, 5.74) is 1.95. The summed E-state index contributed by atoms with van der Waals surface area (Å²) < 4.78 is 7.02. The number of rotatable bonds is 4. The third kappa shape index (κ3) is 2.82. The zero-order chi connectivity index (χ0) is 13.1. The van der Waals surface area contributed by atoms with E-state index < -0.39 is 0 Å². The Morgan fingerprint density at radius 2 is 2.28 bits per heavy atom. The van der Waals surface area contributed by atoms with Crippen LogP contribution < -0.4 is 0 Å². The summed E-state index contributed by atoms with van der Waals surface area (Å²) in [5, 5.41) is 0.687. The molecule has 5 heteroatoms. The Morgan fingerprint density at radius 1 is 1.50 bits per heavy atom. The Kier molecular flexibility index (Phi) is 3.87. The summed E-state index contributed by atoms with van der Waals surface area (Å²) in [4.78, 5) is 15.1. The number of ether oxygens (including phenoxy) is 1. The monoisotopic (exact) mass is 266 g/mol. The van der Waals surface area contributed by atoms with Gasteiger partial charge in [-0.1, -0.05) is 11.6 Å². The Balaban J connectivity index is 2.12. The van der Waals surface area contributed by atoms with Gasteiger partial charge in [0.2, 0.25) is 0 Å². The largest absolute Gasteiger partial charge is 0.466 e. The predicted molar refractivity (Wildman–Crippen MR) is 70.7 cm³/mol. The van der Waals surface area contributed by atoms with E-state index in [0.717, 1.165) is 29.8 Å². The van der Waals surface area contributed by atoms with E-state index in [0.29, 0.717) is 11.6 Å². The van der Waals surface area contributed by atoms with Gasteiger partial charge >= 0.3 is 5.97 Å². The van der Waals surface area contributed by atoms with Crippen LogP contribution in [-0.4, -0.2) is 22.1 Å². The number of benzene rings is 1. The number of aryl methyl sites for hydroxylation is 2. The molecule has 1 heterocycles. The fourth-order valence-corrected chi connectivity index (χ4v) is 2.11. The number of hydrogen-bond donors (Lipinski definition) is 0. The highest BCUT2D eigenvalue weighted by molar-refractivity contribution is 6.31. The van der Waals surface area contributed by atoms with Gasteiger partial charge in [-0.15, -0.1) is 0 Å². The summed E-state index contributed by atoms with van der Waals surface area (Å²) in [6.07, 6.45) is 0.772. The van der Waals surface area contributed by atoms with E-state index in [1.165, 1.54) is 6.92 Å². The number of hydrogen-bond acceptors (Lipinski definition) is 3. The van der Waals surface area contributed by atoms with Crippen LogP contribution >= 0.6 is 11.6 Å². The van der Waals surface area contributed by atoms with Crippen molar-refractivity contribution in [2.45, 2.75) is 26.8 Å². The van der Waals surface area contributed by atoms with Gasteiger partial charge in [-0.25, -0.2) is 4.98 Å². The van der Waals surface area contributed by atoms with E-state index in [2.05, 4.69) is 9.55 Å². The van der Waals surface area contributed by atoms with Gasteiger partial charge in [0.1, 0.15) is 5.82 Å². The molecule has 0 N–H and O–H groups in total. The number of fused-ring (bicyclic) bond motifs is 1. The molecule has 2 rings (SSSR count). The number of nitrogens with zero attached hydrogens (tertiary/aromatic N) is 2. The zero-order valence-corrected chi connectivity index (χ0v) is 11.2. The molecular formula is C13H15ClN2O2. The van der Waals surface area contributed by atoms with Crippen LogP contribution in [0.4, 0.5) is 0 Å². The first-order valence-electron chi connectivity index (χ1n) is 5.83. The van der Waals surface area contributed by atoms with Crippen molar-refractivity contribution in [2.75, 3.05) is 6.61 Å². The molecule has 96 valence electrons. The van der Waals surface area contributed by atoms with Crippen LogP contribution in [-0.2, 0) is 16.1 Å². The summed E-state index contributed by atoms with van der Waals surface area (Å²) >= 11 is 5.94. The second-order valence-electron chi connectivity index (χ2n) is 4.14. The first kappa shape index (κ1) is 12.9. The highest BCUT2D eigenvalue weighted by Gasteiger charge is 2.07. The van der Waals surface area contributed by atoms with Crippen LogP contribution in [0.5, 0.6) is 0 Å². The molecular weight excluding hydrogens is 252 g/mol. The molecule has 0 amide bonds. The van der Waals surface area contributed by atoms with Crippen molar-refractivity contribution >= 4 is 28.6 Å². The first-order chi connectivity index (χ1) is 8.58. The van der Waals surface area contributed by atoms with E-state index in [9.17, 15) is 4.79 Å². The Bertz CT molecular complexity index is 578. The van der Waals surface area contributed by atoms with Crippen molar-refractivity contribution in [1.29, 1.82) is 0 Å². The number of imidazole rings is 1.